The first kappa shape index (κ1) is 10.7. The van der Waals surface area contributed by atoms with Crippen molar-refractivity contribution in [2.45, 2.75) is 32.2 Å². The van der Waals surface area contributed by atoms with Gasteiger partial charge < -0.3 is 0 Å². The van der Waals surface area contributed by atoms with Crippen LogP contribution in [0.2, 0.25) is 0 Å². The normalized spacial score (nSPS) is 11.4. The second-order valence-electron chi connectivity index (χ2n) is 2.89. The smallest absolute Gasteiger partial charge is 0.295 e. The van der Waals surface area contributed by atoms with Gasteiger partial charge in [-0.15, -0.1) is 0 Å². The van der Waals surface area contributed by atoms with Gasteiger partial charge in [-0.1, -0.05) is 13.3 Å². The van der Waals surface area contributed by atoms with Crippen molar-refractivity contribution in [2.24, 2.45) is 0 Å². The van der Waals surface area contributed by atoms with Crippen LogP contribution < -0.4 is 5.32 Å². The Morgan fingerprint density at radius 2 is 2.00 bits per heavy atom. The first-order valence-corrected chi connectivity index (χ1v) is 4.42. The molecule has 0 aliphatic rings. The number of hydrogen-bond donors (Lipinski definition) is 1. The van der Waals surface area contributed by atoms with Crippen molar-refractivity contribution in [2.75, 3.05) is 5.32 Å². The quantitative estimate of drug-likeness (QED) is 0.742. The van der Waals surface area contributed by atoms with Crippen molar-refractivity contribution < 1.29 is 8.78 Å². The number of halogens is 2. The summed E-state index contributed by atoms with van der Waals surface area (Å²) < 4.78 is 26.2. The van der Waals surface area contributed by atoms with Gasteiger partial charge in [0.2, 0.25) is 5.95 Å². The topological polar surface area (TPSA) is 50.7 Å². The fourth-order valence-electron chi connectivity index (χ4n) is 0.929. The third-order valence-corrected chi connectivity index (χ3v) is 1.63. The van der Waals surface area contributed by atoms with Crippen molar-refractivity contribution in [3.63, 3.8) is 0 Å². The second-order valence-corrected chi connectivity index (χ2v) is 2.89. The lowest BCUT2D eigenvalue weighted by molar-refractivity contribution is 0.0202. The van der Waals surface area contributed by atoms with Gasteiger partial charge in [0, 0.05) is 6.42 Å². The van der Waals surface area contributed by atoms with Crippen LogP contribution in [-0.2, 0) is 0 Å². The highest BCUT2D eigenvalue weighted by atomic mass is 19.3. The zero-order valence-electron chi connectivity index (χ0n) is 7.87. The van der Waals surface area contributed by atoms with E-state index >= 15 is 0 Å². The average Bonchev–Trinajstić information content (AvgIpc) is 2.16. The van der Waals surface area contributed by atoms with Crippen molar-refractivity contribution in [3.8, 4) is 0 Å². The molecular formula is C8H12F2N4. The van der Waals surface area contributed by atoms with Gasteiger partial charge in [0.05, 0.1) is 0 Å². The monoisotopic (exact) mass is 202 g/mol. The zero-order valence-corrected chi connectivity index (χ0v) is 7.87. The summed E-state index contributed by atoms with van der Waals surface area (Å²) >= 11 is 0. The molecule has 0 aromatic carbocycles. The van der Waals surface area contributed by atoms with Crippen LogP contribution in [0.25, 0.3) is 0 Å². The predicted octanol–water partition coefficient (Wildman–Crippen LogP) is 2.07. The molecule has 0 aliphatic carbocycles. The van der Waals surface area contributed by atoms with E-state index in [0.717, 1.165) is 6.42 Å². The van der Waals surface area contributed by atoms with Crippen molar-refractivity contribution in [1.82, 2.24) is 15.0 Å². The summed E-state index contributed by atoms with van der Waals surface area (Å²) in [7, 11) is 0. The zero-order chi connectivity index (χ0) is 10.4. The molecule has 6 heteroatoms. The number of anilines is 1. The van der Waals surface area contributed by atoms with Crippen LogP contribution in [0.4, 0.5) is 14.7 Å². The molecule has 1 N–H and O–H groups in total. The maximum absolute atomic E-state index is 13.1. The number of rotatable bonds is 5. The van der Waals surface area contributed by atoms with E-state index in [4.69, 9.17) is 0 Å². The largest absolute Gasteiger partial charge is 0.325 e. The molecule has 0 atom stereocenters. The number of nitrogens with one attached hydrogen (secondary N) is 1. The molecule has 14 heavy (non-hydrogen) atoms. The summed E-state index contributed by atoms with van der Waals surface area (Å²) in [5, 5.41) is 1.96. The molecule has 0 bridgehead atoms. The Labute approximate surface area is 80.8 Å². The minimum absolute atomic E-state index is 0.0962. The molecule has 1 aromatic heterocycles. The highest BCUT2D eigenvalue weighted by Crippen LogP contribution is 2.21. The number of alkyl halides is 2. The van der Waals surface area contributed by atoms with Gasteiger partial charge in [-0.3, -0.25) is 5.32 Å². The Bertz CT molecular complexity index is 265. The van der Waals surface area contributed by atoms with Crippen LogP contribution in [0.3, 0.4) is 0 Å². The average molecular weight is 202 g/mol. The summed E-state index contributed by atoms with van der Waals surface area (Å²) in [5.41, 5.74) is 0. The lowest BCUT2D eigenvalue weighted by Crippen LogP contribution is -2.28. The van der Waals surface area contributed by atoms with Crippen LogP contribution in [0.5, 0.6) is 0 Å². The maximum Gasteiger partial charge on any atom is 0.325 e. The highest BCUT2D eigenvalue weighted by Gasteiger charge is 2.28. The first-order valence-electron chi connectivity index (χ1n) is 4.42. The molecule has 4 nitrogen and oxygen atoms in total. The van der Waals surface area contributed by atoms with E-state index in [1.165, 1.54) is 12.7 Å². The van der Waals surface area contributed by atoms with E-state index in [-0.39, 0.29) is 12.4 Å². The van der Waals surface area contributed by atoms with Crippen molar-refractivity contribution >= 4 is 5.95 Å². The van der Waals surface area contributed by atoms with Crippen molar-refractivity contribution in [1.29, 1.82) is 0 Å². The van der Waals surface area contributed by atoms with Gasteiger partial charge in [-0.2, -0.15) is 8.78 Å². The van der Waals surface area contributed by atoms with E-state index in [1.807, 2.05) is 12.2 Å². The standard InChI is InChI=1S/C8H12F2N4/c1-2-3-4-8(9,10)14-7-12-5-11-6-13-7/h5-6H,2-4H2,1H3,(H,11,12,13,14). The van der Waals surface area contributed by atoms with Gasteiger partial charge in [0.1, 0.15) is 12.7 Å². The first-order chi connectivity index (χ1) is 6.64. The number of hydrogen-bond acceptors (Lipinski definition) is 4. The van der Waals surface area contributed by atoms with E-state index < -0.39 is 6.05 Å². The Morgan fingerprint density at radius 1 is 1.36 bits per heavy atom. The van der Waals surface area contributed by atoms with Crippen LogP contribution in [0.1, 0.15) is 26.2 Å². The molecule has 1 rings (SSSR count). The number of aromatic nitrogens is 3. The Balaban J connectivity index is 2.50. The van der Waals surface area contributed by atoms with Gasteiger partial charge in [-0.05, 0) is 6.42 Å². The molecule has 0 aliphatic heterocycles. The summed E-state index contributed by atoms with van der Waals surface area (Å²) in [4.78, 5) is 10.6. The molecule has 78 valence electrons. The van der Waals surface area contributed by atoms with E-state index in [9.17, 15) is 8.78 Å². The minimum atomic E-state index is -2.95. The summed E-state index contributed by atoms with van der Waals surface area (Å²) in [6, 6.07) is -2.95. The van der Waals surface area contributed by atoms with Crippen LogP contribution in [0.15, 0.2) is 12.7 Å². The Morgan fingerprint density at radius 3 is 2.57 bits per heavy atom. The molecule has 0 saturated carbocycles. The number of unbranched alkanes of at least 4 members (excludes halogenated alkanes) is 1. The SMILES string of the molecule is CCCCC(F)(F)Nc1ncncn1. The number of nitrogens with zero attached hydrogens (tertiary/aromatic N) is 3. The van der Waals surface area contributed by atoms with E-state index in [0.29, 0.717) is 6.42 Å². The predicted molar refractivity (Wildman–Crippen MR) is 47.9 cm³/mol. The molecule has 0 spiro atoms. The van der Waals surface area contributed by atoms with Gasteiger partial charge in [0.15, 0.2) is 0 Å². The van der Waals surface area contributed by atoms with Crippen LogP contribution in [0, 0.1) is 0 Å². The third-order valence-electron chi connectivity index (χ3n) is 1.63. The van der Waals surface area contributed by atoms with E-state index in [1.54, 1.807) is 0 Å². The van der Waals surface area contributed by atoms with Crippen LogP contribution >= 0.6 is 0 Å². The fourth-order valence-corrected chi connectivity index (χ4v) is 0.929. The molecule has 0 unspecified atom stereocenters. The maximum atomic E-state index is 13.1. The summed E-state index contributed by atoms with van der Waals surface area (Å²) in [6.45, 7) is 1.86. The van der Waals surface area contributed by atoms with E-state index in [2.05, 4.69) is 15.0 Å². The molecule has 1 heterocycles. The minimum Gasteiger partial charge on any atom is -0.295 e. The third kappa shape index (κ3) is 3.59. The lowest BCUT2D eigenvalue weighted by Gasteiger charge is -2.16. The fraction of sp³-hybridized carbons (Fsp3) is 0.625. The van der Waals surface area contributed by atoms with Crippen molar-refractivity contribution in [3.05, 3.63) is 12.7 Å². The second kappa shape index (κ2) is 4.78. The van der Waals surface area contributed by atoms with Gasteiger partial charge >= 0.3 is 6.05 Å². The van der Waals surface area contributed by atoms with Gasteiger partial charge in [-0.25, -0.2) is 15.0 Å². The molecule has 0 radical (unpaired) electrons. The highest BCUT2D eigenvalue weighted by molar-refractivity contribution is 5.23. The molecule has 0 saturated heterocycles. The summed E-state index contributed by atoms with van der Waals surface area (Å²) in [5.74, 6) is -0.0962. The van der Waals surface area contributed by atoms with Crippen LogP contribution in [-0.4, -0.2) is 21.0 Å². The Hall–Kier alpha value is -1.33. The lowest BCUT2D eigenvalue weighted by atomic mass is 10.2. The Kier molecular flexibility index (Phi) is 3.67. The molecule has 1 aromatic rings. The molecular weight excluding hydrogens is 190 g/mol. The summed E-state index contributed by atoms with van der Waals surface area (Å²) in [6.07, 6.45) is 3.32. The molecule has 0 fully saturated rings. The molecule has 0 amide bonds. The van der Waals surface area contributed by atoms with Gasteiger partial charge in [0.25, 0.3) is 0 Å².